The van der Waals surface area contributed by atoms with Gasteiger partial charge in [-0.1, -0.05) is 20.3 Å². The Morgan fingerprint density at radius 1 is 1.36 bits per heavy atom. The van der Waals surface area contributed by atoms with Gasteiger partial charge in [-0.25, -0.2) is 0 Å². The van der Waals surface area contributed by atoms with Crippen molar-refractivity contribution in [2.75, 3.05) is 13.7 Å². The van der Waals surface area contributed by atoms with Gasteiger partial charge in [0.1, 0.15) is 6.04 Å². The Morgan fingerprint density at radius 3 is 2.61 bits per heavy atom. The number of carbonyl (C=O) groups excluding carboxylic acids is 3. The molecule has 3 aliphatic rings. The van der Waals surface area contributed by atoms with E-state index < -0.39 is 28.7 Å². The number of thioether (sulfide) groups is 1. The molecule has 3 N–H and O–H groups in total. The number of hydrogen-bond donors (Lipinski definition) is 3. The first-order valence-electron chi connectivity index (χ1n) is 10.4. The molecule has 0 aromatic carbocycles. The number of nitrogens with one attached hydrogen (secondary N) is 2. The first-order chi connectivity index (χ1) is 13.2. The van der Waals surface area contributed by atoms with Crippen molar-refractivity contribution in [3.8, 4) is 0 Å². The van der Waals surface area contributed by atoms with E-state index in [1.807, 2.05) is 6.92 Å². The van der Waals surface area contributed by atoms with Crippen LogP contribution in [0.5, 0.6) is 0 Å². The van der Waals surface area contributed by atoms with Gasteiger partial charge in [0, 0.05) is 18.3 Å². The SMILES string of the molecule is CCCC(C)NC(=O)C1N([C@H](C)CO)C(=O)[C@@H]2[C@H](C(=O)NC)[C@@H]3CC(C)C12S3. The molecule has 28 heavy (non-hydrogen) atoms. The van der Waals surface area contributed by atoms with Crippen LogP contribution in [-0.4, -0.2) is 69.5 Å². The van der Waals surface area contributed by atoms with Crippen LogP contribution in [0.15, 0.2) is 0 Å². The summed E-state index contributed by atoms with van der Waals surface area (Å²) in [5, 5.41) is 15.6. The lowest BCUT2D eigenvalue weighted by molar-refractivity contribution is -0.142. The molecular formula is C20H33N3O4S. The van der Waals surface area contributed by atoms with Crippen molar-refractivity contribution in [1.29, 1.82) is 0 Å². The highest BCUT2D eigenvalue weighted by Gasteiger charge is 2.76. The minimum Gasteiger partial charge on any atom is -0.394 e. The molecule has 3 amide bonds. The fourth-order valence-corrected chi connectivity index (χ4v) is 8.02. The molecule has 0 aromatic heterocycles. The van der Waals surface area contributed by atoms with Crippen LogP contribution in [0.4, 0.5) is 0 Å². The van der Waals surface area contributed by atoms with E-state index in [4.69, 9.17) is 0 Å². The van der Waals surface area contributed by atoms with E-state index in [0.717, 1.165) is 19.3 Å². The molecule has 2 bridgehead atoms. The highest BCUT2D eigenvalue weighted by atomic mass is 32.2. The number of hydrogen-bond acceptors (Lipinski definition) is 5. The van der Waals surface area contributed by atoms with Crippen LogP contribution in [0, 0.1) is 17.8 Å². The highest BCUT2D eigenvalue weighted by molar-refractivity contribution is 8.02. The van der Waals surface area contributed by atoms with Gasteiger partial charge in [0.2, 0.25) is 17.7 Å². The third kappa shape index (κ3) is 2.95. The number of aliphatic hydroxyl groups is 1. The van der Waals surface area contributed by atoms with E-state index in [2.05, 4.69) is 24.5 Å². The maximum absolute atomic E-state index is 13.5. The zero-order valence-electron chi connectivity index (χ0n) is 17.4. The number of rotatable bonds is 7. The monoisotopic (exact) mass is 411 g/mol. The van der Waals surface area contributed by atoms with E-state index in [1.165, 1.54) is 0 Å². The molecule has 1 spiro atoms. The fraction of sp³-hybridized carbons (Fsp3) is 0.850. The third-order valence-corrected chi connectivity index (χ3v) is 8.91. The fourth-order valence-electron chi connectivity index (χ4n) is 5.61. The summed E-state index contributed by atoms with van der Waals surface area (Å²) in [5.74, 6) is -1.24. The molecular weight excluding hydrogens is 378 g/mol. The third-order valence-electron chi connectivity index (χ3n) is 6.83. The Labute approximate surface area is 171 Å². The molecule has 3 heterocycles. The zero-order valence-corrected chi connectivity index (χ0v) is 18.2. The van der Waals surface area contributed by atoms with Crippen molar-refractivity contribution < 1.29 is 19.5 Å². The first kappa shape index (κ1) is 21.4. The smallest absolute Gasteiger partial charge is 0.244 e. The summed E-state index contributed by atoms with van der Waals surface area (Å²) in [5.41, 5.74) is 0. The number of likely N-dealkylation sites (tertiary alicyclic amines) is 1. The van der Waals surface area contributed by atoms with Crippen molar-refractivity contribution in [2.45, 2.75) is 75.1 Å². The summed E-state index contributed by atoms with van der Waals surface area (Å²) >= 11 is 1.66. The molecule has 4 unspecified atom stereocenters. The topological polar surface area (TPSA) is 98.7 Å². The number of carbonyl (C=O) groups is 3. The minimum atomic E-state index is -0.661. The van der Waals surface area contributed by atoms with E-state index in [1.54, 1.807) is 30.6 Å². The van der Waals surface area contributed by atoms with Gasteiger partial charge in [-0.2, -0.15) is 0 Å². The molecule has 0 saturated carbocycles. The summed E-state index contributed by atoms with van der Waals surface area (Å²) in [6, 6.07) is -1.11. The molecule has 0 radical (unpaired) electrons. The molecule has 8 atom stereocenters. The Kier molecular flexibility index (Phi) is 6.01. The van der Waals surface area contributed by atoms with Crippen LogP contribution in [-0.2, 0) is 14.4 Å². The average Bonchev–Trinajstić information content (AvgIpc) is 3.24. The van der Waals surface area contributed by atoms with Crippen molar-refractivity contribution in [1.82, 2.24) is 15.5 Å². The molecule has 158 valence electrons. The lowest BCUT2D eigenvalue weighted by Crippen LogP contribution is -2.59. The van der Waals surface area contributed by atoms with Crippen LogP contribution in [0.25, 0.3) is 0 Å². The summed E-state index contributed by atoms with van der Waals surface area (Å²) < 4.78 is -0.613. The number of aliphatic hydroxyl groups excluding tert-OH is 1. The second-order valence-corrected chi connectivity index (χ2v) is 10.2. The molecule has 3 saturated heterocycles. The second kappa shape index (κ2) is 7.86. The van der Waals surface area contributed by atoms with Crippen LogP contribution in [0.1, 0.15) is 47.0 Å². The van der Waals surface area contributed by atoms with Gasteiger partial charge >= 0.3 is 0 Å². The number of amides is 3. The summed E-state index contributed by atoms with van der Waals surface area (Å²) in [6.07, 6.45) is 2.65. The van der Waals surface area contributed by atoms with E-state index in [-0.39, 0.29) is 41.5 Å². The highest BCUT2D eigenvalue weighted by Crippen LogP contribution is 2.68. The Balaban J connectivity index is 2.04. The van der Waals surface area contributed by atoms with Crippen molar-refractivity contribution in [3.05, 3.63) is 0 Å². The summed E-state index contributed by atoms with van der Waals surface area (Å²) in [4.78, 5) is 41.1. The van der Waals surface area contributed by atoms with Gasteiger partial charge in [-0.05, 0) is 32.6 Å². The Morgan fingerprint density at radius 2 is 2.04 bits per heavy atom. The van der Waals surface area contributed by atoms with Crippen molar-refractivity contribution in [3.63, 3.8) is 0 Å². The maximum Gasteiger partial charge on any atom is 0.244 e. The van der Waals surface area contributed by atoms with E-state index in [0.29, 0.717) is 0 Å². The predicted octanol–water partition coefficient (Wildman–Crippen LogP) is 0.755. The van der Waals surface area contributed by atoms with Crippen LogP contribution in [0.2, 0.25) is 0 Å². The van der Waals surface area contributed by atoms with Gasteiger partial charge in [-0.3, -0.25) is 14.4 Å². The minimum absolute atomic E-state index is 0.0166. The van der Waals surface area contributed by atoms with E-state index >= 15 is 0 Å². The number of fused-ring (bicyclic) bond motifs is 1. The van der Waals surface area contributed by atoms with Gasteiger partial charge in [0.25, 0.3) is 0 Å². The maximum atomic E-state index is 13.5. The standard InChI is InChI=1S/C20H33N3O4S/c1-6-7-11(3)22-18(26)16-20-10(2)8-13(28-20)14(17(25)21-5)15(20)19(27)23(16)12(4)9-24/h10-16,24H,6-9H2,1-5H3,(H,21,25)(H,22,26)/t10?,11?,12-,13+,14-,15+,16?,20?/m1/s1. The van der Waals surface area contributed by atoms with Gasteiger partial charge < -0.3 is 20.6 Å². The summed E-state index contributed by atoms with van der Waals surface area (Å²) in [7, 11) is 1.60. The molecule has 7 nitrogen and oxygen atoms in total. The van der Waals surface area contributed by atoms with Crippen molar-refractivity contribution in [2.24, 2.45) is 17.8 Å². The zero-order chi connectivity index (χ0) is 20.8. The van der Waals surface area contributed by atoms with Crippen LogP contribution >= 0.6 is 11.8 Å². The van der Waals surface area contributed by atoms with Gasteiger partial charge in [0.05, 0.1) is 29.2 Å². The first-order valence-corrected chi connectivity index (χ1v) is 11.2. The Bertz CT molecular complexity index is 659. The van der Waals surface area contributed by atoms with E-state index in [9.17, 15) is 19.5 Å². The largest absolute Gasteiger partial charge is 0.394 e. The summed E-state index contributed by atoms with van der Waals surface area (Å²) in [6.45, 7) is 7.69. The Hall–Kier alpha value is -1.28. The molecule has 3 rings (SSSR count). The van der Waals surface area contributed by atoms with Gasteiger partial charge in [-0.15, -0.1) is 11.8 Å². The second-order valence-electron chi connectivity index (χ2n) is 8.64. The average molecular weight is 412 g/mol. The van der Waals surface area contributed by atoms with Crippen molar-refractivity contribution >= 4 is 29.5 Å². The number of nitrogens with zero attached hydrogens (tertiary/aromatic N) is 1. The lowest BCUT2D eigenvalue weighted by atomic mass is 9.66. The molecule has 3 fully saturated rings. The van der Waals surface area contributed by atoms with Crippen LogP contribution in [0.3, 0.4) is 0 Å². The molecule has 8 heteroatoms. The predicted molar refractivity (Wildman–Crippen MR) is 109 cm³/mol. The molecule has 0 aromatic rings. The van der Waals surface area contributed by atoms with Gasteiger partial charge in [0.15, 0.2) is 0 Å². The molecule has 3 aliphatic heterocycles. The quantitative estimate of drug-likeness (QED) is 0.574. The normalized spacial score (nSPS) is 38.3. The van der Waals surface area contributed by atoms with Crippen LogP contribution < -0.4 is 10.6 Å². The lowest BCUT2D eigenvalue weighted by Gasteiger charge is -2.40. The molecule has 0 aliphatic carbocycles.